The molecule has 2 aromatic heterocycles. The number of fused-ring (bicyclic) bond motifs is 6. The van der Waals surface area contributed by atoms with Crippen LogP contribution in [0.25, 0.3) is 22.2 Å². The second-order valence-corrected chi connectivity index (χ2v) is 16.9. The quantitative estimate of drug-likeness (QED) is 0.0584. The van der Waals surface area contributed by atoms with E-state index in [-0.39, 0.29) is 82.9 Å². The molecule has 4 bridgehead atoms. The monoisotopic (exact) mass is 888 g/mol. The minimum Gasteiger partial charge on any atom is -0.492 e. The van der Waals surface area contributed by atoms with Crippen LogP contribution in [0.2, 0.25) is 0 Å². The van der Waals surface area contributed by atoms with E-state index in [2.05, 4.69) is 17.2 Å². The molecule has 0 fully saturated rings. The number of likely N-dealkylation sites (N-methyl/N-ethyl adjacent to an activating group) is 1. The van der Waals surface area contributed by atoms with Gasteiger partial charge in [-0.2, -0.15) is 5.26 Å². The number of hydrogen-bond acceptors (Lipinski definition) is 13. The second kappa shape index (κ2) is 24.3. The van der Waals surface area contributed by atoms with E-state index in [0.717, 1.165) is 31.2 Å². The fraction of sp³-hybridized carbons (Fsp3) is 0.480. The Morgan fingerprint density at radius 1 is 0.923 bits per heavy atom. The number of aromatic nitrogens is 2. The van der Waals surface area contributed by atoms with Crippen molar-refractivity contribution >= 4 is 40.2 Å². The van der Waals surface area contributed by atoms with Gasteiger partial charge >= 0.3 is 0 Å². The molecular weight excluding hydrogens is 825 g/mol. The number of nitrogens with one attached hydrogen (secondary N) is 1. The molecule has 0 saturated carbocycles. The van der Waals surface area contributed by atoms with Crippen molar-refractivity contribution in [3.05, 3.63) is 82.7 Å². The molecule has 0 unspecified atom stereocenters. The number of ether oxygens (including phenoxy) is 2. The molecule has 2 amide bonds. The van der Waals surface area contributed by atoms with E-state index in [9.17, 15) is 29.2 Å². The fourth-order valence-electron chi connectivity index (χ4n) is 8.34. The highest BCUT2D eigenvalue weighted by molar-refractivity contribution is 6.02. The first-order valence-corrected chi connectivity index (χ1v) is 22.8. The zero-order chi connectivity index (χ0) is 47.0. The number of unbranched alkanes of at least 4 members (excludes halogenated alkanes) is 3. The van der Waals surface area contributed by atoms with Crippen molar-refractivity contribution in [1.29, 1.82) is 5.26 Å². The highest BCUT2D eigenvalue weighted by Gasteiger charge is 2.36. The number of ketones is 3. The first kappa shape index (κ1) is 49.9. The molecule has 4 atom stereocenters. The van der Waals surface area contributed by atoms with Crippen LogP contribution in [0.1, 0.15) is 110 Å². The lowest BCUT2D eigenvalue weighted by Crippen LogP contribution is -2.46. The van der Waals surface area contributed by atoms with Crippen molar-refractivity contribution in [3.8, 4) is 28.7 Å². The number of nitriles is 1. The van der Waals surface area contributed by atoms with Crippen LogP contribution >= 0.6 is 0 Å². The summed E-state index contributed by atoms with van der Waals surface area (Å²) in [6.07, 6.45) is 6.92. The number of Topliss-reactive ketones (excluding diaryl/α,β-unsaturated/α-hetero) is 3. The number of nitrogens with two attached hydrogens (primary N) is 3. The molecule has 346 valence electrons. The molecule has 0 spiro atoms. The van der Waals surface area contributed by atoms with Crippen LogP contribution in [0.15, 0.2) is 54.7 Å². The Hall–Kier alpha value is -6.08. The van der Waals surface area contributed by atoms with Crippen molar-refractivity contribution < 1.29 is 33.4 Å². The topological polar surface area (TPSA) is 247 Å². The molecule has 0 aliphatic carbocycles. The van der Waals surface area contributed by atoms with Gasteiger partial charge in [0.2, 0.25) is 11.8 Å². The molecular formula is C50H64N8O7. The first-order chi connectivity index (χ1) is 31.3. The van der Waals surface area contributed by atoms with Crippen molar-refractivity contribution in [1.82, 2.24) is 20.2 Å². The van der Waals surface area contributed by atoms with Crippen LogP contribution in [-0.4, -0.2) is 90.0 Å². The van der Waals surface area contributed by atoms with Crippen LogP contribution in [-0.2, 0) is 32.0 Å². The Balaban J connectivity index is 1.55. The minimum absolute atomic E-state index is 0.0280. The number of nitrogens with zero attached hydrogens (tertiary/aromatic N) is 4. The van der Waals surface area contributed by atoms with E-state index < -0.39 is 41.5 Å². The van der Waals surface area contributed by atoms with Gasteiger partial charge in [0.05, 0.1) is 23.1 Å². The number of aryl methyl sites for hydroxylation is 2. The molecule has 0 saturated heterocycles. The van der Waals surface area contributed by atoms with E-state index in [1.165, 1.54) is 18.4 Å². The lowest BCUT2D eigenvalue weighted by Gasteiger charge is -2.32. The lowest BCUT2D eigenvalue weighted by molar-refractivity contribution is -0.142. The summed E-state index contributed by atoms with van der Waals surface area (Å²) >= 11 is 0. The number of carbonyl (C=O) groups excluding carboxylic acids is 5. The van der Waals surface area contributed by atoms with Gasteiger partial charge in [0.1, 0.15) is 30.8 Å². The van der Waals surface area contributed by atoms with Gasteiger partial charge in [0.15, 0.2) is 17.3 Å². The van der Waals surface area contributed by atoms with Crippen LogP contribution in [0.3, 0.4) is 0 Å². The van der Waals surface area contributed by atoms with E-state index in [0.29, 0.717) is 56.0 Å². The fourth-order valence-corrected chi connectivity index (χ4v) is 8.34. The summed E-state index contributed by atoms with van der Waals surface area (Å²) < 4.78 is 12.3. The van der Waals surface area contributed by atoms with Crippen molar-refractivity contribution in [3.63, 3.8) is 0 Å². The summed E-state index contributed by atoms with van der Waals surface area (Å²) in [7, 11) is 1.51. The van der Waals surface area contributed by atoms with Gasteiger partial charge in [-0.3, -0.25) is 33.9 Å². The number of benzene rings is 2. The summed E-state index contributed by atoms with van der Waals surface area (Å²) in [6.45, 7) is 6.41. The summed E-state index contributed by atoms with van der Waals surface area (Å²) in [5.74, 6) is -3.06. The molecule has 15 nitrogen and oxygen atoms in total. The number of carbonyl (C=O) groups is 5. The minimum atomic E-state index is -1.23. The zero-order valence-corrected chi connectivity index (χ0v) is 38.2. The highest BCUT2D eigenvalue weighted by Crippen LogP contribution is 2.41. The predicted octanol–water partition coefficient (Wildman–Crippen LogP) is 5.65. The van der Waals surface area contributed by atoms with Gasteiger partial charge in [-0.15, -0.1) is 0 Å². The molecule has 5 rings (SSSR count). The molecule has 0 radical (unpaired) electrons. The highest BCUT2D eigenvalue weighted by atomic mass is 16.5. The summed E-state index contributed by atoms with van der Waals surface area (Å²) in [6, 6.07) is 14.0. The third-order valence-corrected chi connectivity index (χ3v) is 11.9. The van der Waals surface area contributed by atoms with Crippen molar-refractivity contribution in [2.45, 2.75) is 103 Å². The molecule has 1 aliphatic heterocycles. The largest absolute Gasteiger partial charge is 0.492 e. The number of amides is 2. The van der Waals surface area contributed by atoms with E-state index in [4.69, 9.17) is 31.7 Å². The van der Waals surface area contributed by atoms with Crippen LogP contribution < -0.4 is 32.0 Å². The van der Waals surface area contributed by atoms with Gasteiger partial charge < -0.3 is 36.9 Å². The second-order valence-electron chi connectivity index (χ2n) is 16.9. The third-order valence-electron chi connectivity index (χ3n) is 11.9. The Labute approximate surface area is 381 Å². The summed E-state index contributed by atoms with van der Waals surface area (Å²) in [4.78, 5) is 81.6. The SMILES string of the molecule is CCCCCCc1cnc2cc(C(=O)C[C@@H](CCN)C(=O)N(C)[C@@H]3C(=O)C[C@@H](C)C(=O)N[C@H](C(=O)CCC#N)Cc4ccc(OCCN)c(c4)-c4cc3ccc4OCCN)c(C)nc2c1. The number of rotatable bonds is 21. The molecule has 4 aromatic rings. The maximum absolute atomic E-state index is 14.8. The molecule has 7 N–H and O–H groups in total. The van der Waals surface area contributed by atoms with E-state index >= 15 is 0 Å². The maximum Gasteiger partial charge on any atom is 0.226 e. The van der Waals surface area contributed by atoms with E-state index in [1.54, 1.807) is 50.2 Å². The Kier molecular flexibility index (Phi) is 18.6. The zero-order valence-electron chi connectivity index (χ0n) is 38.2. The Bertz CT molecular complexity index is 2380. The Morgan fingerprint density at radius 2 is 1.63 bits per heavy atom. The third kappa shape index (κ3) is 13.0. The van der Waals surface area contributed by atoms with Gasteiger partial charge in [-0.25, -0.2) is 0 Å². The maximum atomic E-state index is 14.8. The average Bonchev–Trinajstić information content (AvgIpc) is 3.29. The van der Waals surface area contributed by atoms with Gasteiger partial charge in [0.25, 0.3) is 0 Å². The van der Waals surface area contributed by atoms with Crippen LogP contribution in [0.4, 0.5) is 0 Å². The first-order valence-electron chi connectivity index (χ1n) is 22.8. The van der Waals surface area contributed by atoms with E-state index in [1.807, 2.05) is 24.4 Å². The number of pyridine rings is 2. The number of hydrogen-bond donors (Lipinski definition) is 4. The van der Waals surface area contributed by atoms with Crippen molar-refractivity contribution in [2.75, 3.05) is 39.9 Å². The summed E-state index contributed by atoms with van der Waals surface area (Å²) in [5.41, 5.74) is 23.2. The van der Waals surface area contributed by atoms with Gasteiger partial charge in [-0.05, 0) is 92.2 Å². The molecule has 2 aromatic carbocycles. The molecule has 3 heterocycles. The van der Waals surface area contributed by atoms with Gasteiger partial charge in [-0.1, -0.05) is 45.2 Å². The van der Waals surface area contributed by atoms with Crippen LogP contribution in [0, 0.1) is 30.1 Å². The normalized spacial score (nSPS) is 16.8. The predicted molar refractivity (Wildman–Crippen MR) is 249 cm³/mol. The molecule has 1 aliphatic rings. The average molecular weight is 889 g/mol. The van der Waals surface area contributed by atoms with Crippen molar-refractivity contribution in [2.24, 2.45) is 29.0 Å². The molecule has 65 heavy (non-hydrogen) atoms. The van der Waals surface area contributed by atoms with Gasteiger partial charge in [0, 0.05) is 86.2 Å². The lowest BCUT2D eigenvalue weighted by atomic mass is 9.88. The van der Waals surface area contributed by atoms with Crippen LogP contribution in [0.5, 0.6) is 11.5 Å². The smallest absolute Gasteiger partial charge is 0.226 e. The standard InChI is InChI=1S/C50H64N8O7/c1-5-6-7-8-10-34-26-41-40(55-30-34)29-37(32(3)56-41)44(60)28-36(16-18-52)50(63)58(4)48-35-13-15-47(65-22-20-54)39(27-35)38-24-33(12-14-46(38)64-21-19-53)25-42(43(59)11-9-17-51)57-49(62)31(2)23-45(48)61/h12-15,24,26-27,29-31,36,42,48H,5-11,16,18-23,25,28,52-54H2,1-4H3,(H,57,62)/t31-,36-,42+,48+/m1/s1. The molecule has 15 heteroatoms. The Morgan fingerprint density at radius 3 is 2.31 bits per heavy atom. The summed E-state index contributed by atoms with van der Waals surface area (Å²) in [5, 5.41) is 12.1.